The maximum absolute atomic E-state index is 12.1. The van der Waals surface area contributed by atoms with Gasteiger partial charge in [0.05, 0.1) is 7.11 Å². The first kappa shape index (κ1) is 18.9. The Balaban J connectivity index is 2.95. The Labute approximate surface area is 134 Å². The number of hydrogen-bond acceptors (Lipinski definition) is 5. The number of carbonyl (C=O) groups excluding carboxylic acids is 1. The molecule has 128 valence electrons. The largest absolute Gasteiger partial charge is 0.495 e. The molecule has 0 aliphatic rings. The van der Waals surface area contributed by atoms with E-state index >= 15 is 0 Å². The molecule has 1 atom stereocenters. The van der Waals surface area contributed by atoms with Crippen LogP contribution in [0.3, 0.4) is 0 Å². The quantitative estimate of drug-likeness (QED) is 0.629. The van der Waals surface area contributed by atoms with Crippen LogP contribution in [0.1, 0.15) is 23.7 Å². The number of aliphatic carboxylic acids is 1. The van der Waals surface area contributed by atoms with E-state index in [4.69, 9.17) is 9.84 Å². The molecule has 23 heavy (non-hydrogen) atoms. The summed E-state index contributed by atoms with van der Waals surface area (Å²) in [6.45, 7) is 1.87. The summed E-state index contributed by atoms with van der Waals surface area (Å²) in [5.41, 5.74) is 0.141. The van der Waals surface area contributed by atoms with Gasteiger partial charge in [-0.25, -0.2) is 13.1 Å². The van der Waals surface area contributed by atoms with Crippen molar-refractivity contribution in [2.75, 3.05) is 20.7 Å². The number of rotatable bonds is 8. The van der Waals surface area contributed by atoms with Gasteiger partial charge in [0.25, 0.3) is 5.91 Å². The molecule has 0 fully saturated rings. The van der Waals surface area contributed by atoms with Crippen LogP contribution in [0.4, 0.5) is 0 Å². The lowest BCUT2D eigenvalue weighted by Gasteiger charge is -2.13. The number of carbonyl (C=O) groups is 2. The molecular weight excluding hydrogens is 324 g/mol. The summed E-state index contributed by atoms with van der Waals surface area (Å²) in [7, 11) is -1.19. The monoisotopic (exact) mass is 344 g/mol. The molecule has 3 N–H and O–H groups in total. The number of sulfonamides is 1. The highest BCUT2D eigenvalue weighted by Crippen LogP contribution is 2.24. The molecule has 0 bridgehead atoms. The van der Waals surface area contributed by atoms with E-state index < -0.39 is 21.9 Å². The highest BCUT2D eigenvalue weighted by Gasteiger charge is 2.20. The standard InChI is InChI=1S/C14H20N2O6S/c1-9(6-13(17)18)8-16-14(19)10-4-5-11(22-3)12(7-10)23(20,21)15-2/h4-5,7,9,15H,6,8H2,1-3H3,(H,16,19)(H,17,18). The Morgan fingerprint density at radius 1 is 1.35 bits per heavy atom. The Morgan fingerprint density at radius 2 is 2.00 bits per heavy atom. The van der Waals surface area contributed by atoms with Crippen molar-refractivity contribution in [1.82, 2.24) is 10.0 Å². The maximum atomic E-state index is 12.1. The third kappa shape index (κ3) is 5.22. The summed E-state index contributed by atoms with van der Waals surface area (Å²) >= 11 is 0. The van der Waals surface area contributed by atoms with Crippen molar-refractivity contribution in [2.45, 2.75) is 18.2 Å². The molecule has 0 saturated carbocycles. The Kier molecular flexibility index (Phi) is 6.52. The van der Waals surface area contributed by atoms with Gasteiger partial charge in [-0.15, -0.1) is 0 Å². The minimum Gasteiger partial charge on any atom is -0.495 e. The van der Waals surface area contributed by atoms with Gasteiger partial charge in [-0.1, -0.05) is 6.92 Å². The third-order valence-corrected chi connectivity index (χ3v) is 4.55. The minimum atomic E-state index is -3.78. The second kappa shape index (κ2) is 7.93. The normalized spacial score (nSPS) is 12.5. The second-order valence-electron chi connectivity index (χ2n) is 4.99. The number of carboxylic acids is 1. The van der Waals surface area contributed by atoms with Crippen LogP contribution in [0.15, 0.2) is 23.1 Å². The zero-order chi connectivity index (χ0) is 17.6. The Bertz CT molecular complexity index is 687. The van der Waals surface area contributed by atoms with Gasteiger partial charge in [0.15, 0.2) is 0 Å². The van der Waals surface area contributed by atoms with Crippen molar-refractivity contribution >= 4 is 21.9 Å². The van der Waals surface area contributed by atoms with Gasteiger partial charge < -0.3 is 15.2 Å². The summed E-state index contributed by atoms with van der Waals surface area (Å²) in [6.07, 6.45) is -0.0672. The SMILES string of the molecule is CNS(=O)(=O)c1cc(C(=O)NCC(C)CC(=O)O)ccc1OC. The van der Waals surface area contributed by atoms with Gasteiger partial charge in [-0.3, -0.25) is 9.59 Å². The molecule has 0 aromatic heterocycles. The van der Waals surface area contributed by atoms with Crippen molar-refractivity contribution in [3.63, 3.8) is 0 Å². The topological polar surface area (TPSA) is 122 Å². The molecule has 1 unspecified atom stereocenters. The van der Waals surface area contributed by atoms with Crippen LogP contribution >= 0.6 is 0 Å². The average Bonchev–Trinajstić information content (AvgIpc) is 2.51. The lowest BCUT2D eigenvalue weighted by molar-refractivity contribution is -0.137. The third-order valence-electron chi connectivity index (χ3n) is 3.12. The molecule has 1 aromatic rings. The van der Waals surface area contributed by atoms with Crippen LogP contribution < -0.4 is 14.8 Å². The molecule has 1 rings (SSSR count). The lowest BCUT2D eigenvalue weighted by Crippen LogP contribution is -2.29. The summed E-state index contributed by atoms with van der Waals surface area (Å²) in [5.74, 6) is -1.55. The smallest absolute Gasteiger partial charge is 0.303 e. The van der Waals surface area contributed by atoms with Gasteiger partial charge in [0.1, 0.15) is 10.6 Å². The van der Waals surface area contributed by atoms with Gasteiger partial charge in [-0.05, 0) is 31.2 Å². The number of carboxylic acid groups (broad SMARTS) is 1. The number of amides is 1. The van der Waals surface area contributed by atoms with Crippen molar-refractivity contribution < 1.29 is 27.9 Å². The van der Waals surface area contributed by atoms with Crippen LogP contribution in [0.5, 0.6) is 5.75 Å². The van der Waals surface area contributed by atoms with Crippen molar-refractivity contribution in [3.8, 4) is 5.75 Å². The maximum Gasteiger partial charge on any atom is 0.303 e. The van der Waals surface area contributed by atoms with Gasteiger partial charge in [0, 0.05) is 18.5 Å². The predicted molar refractivity (Wildman–Crippen MR) is 83.0 cm³/mol. The van der Waals surface area contributed by atoms with Crippen molar-refractivity contribution in [3.05, 3.63) is 23.8 Å². The molecule has 1 amide bonds. The summed E-state index contributed by atoms with van der Waals surface area (Å²) in [6, 6.07) is 4.03. The Hall–Kier alpha value is -2.13. The van der Waals surface area contributed by atoms with E-state index in [1.807, 2.05) is 0 Å². The molecule has 8 nitrogen and oxygen atoms in total. The molecule has 1 aromatic carbocycles. The van der Waals surface area contributed by atoms with Crippen LogP contribution in [0, 0.1) is 5.92 Å². The number of ether oxygens (including phenoxy) is 1. The number of benzene rings is 1. The van der Waals surface area contributed by atoms with E-state index in [1.54, 1.807) is 6.92 Å². The number of hydrogen-bond donors (Lipinski definition) is 3. The van der Waals surface area contributed by atoms with Crippen LogP contribution in [0.2, 0.25) is 0 Å². The average molecular weight is 344 g/mol. The minimum absolute atomic E-state index is 0.0672. The zero-order valence-electron chi connectivity index (χ0n) is 13.1. The van der Waals surface area contributed by atoms with Gasteiger partial charge in [-0.2, -0.15) is 0 Å². The van der Waals surface area contributed by atoms with Gasteiger partial charge >= 0.3 is 5.97 Å². The summed E-state index contributed by atoms with van der Waals surface area (Å²) in [5, 5.41) is 11.3. The second-order valence-corrected chi connectivity index (χ2v) is 6.84. The van der Waals surface area contributed by atoms with Crippen molar-refractivity contribution in [2.24, 2.45) is 5.92 Å². The van der Waals surface area contributed by atoms with Crippen LogP contribution in [-0.4, -0.2) is 46.1 Å². The van der Waals surface area contributed by atoms with Crippen molar-refractivity contribution in [1.29, 1.82) is 0 Å². The fourth-order valence-electron chi connectivity index (χ4n) is 1.88. The van der Waals surface area contributed by atoms with Crippen LogP contribution in [-0.2, 0) is 14.8 Å². The first-order chi connectivity index (χ1) is 10.7. The summed E-state index contributed by atoms with van der Waals surface area (Å²) in [4.78, 5) is 22.5. The van der Waals surface area contributed by atoms with E-state index in [2.05, 4.69) is 10.0 Å². The molecule has 0 radical (unpaired) electrons. The fourth-order valence-corrected chi connectivity index (χ4v) is 2.80. The molecule has 0 aliphatic carbocycles. The lowest BCUT2D eigenvalue weighted by atomic mass is 10.1. The molecule has 9 heteroatoms. The van der Waals surface area contributed by atoms with Gasteiger partial charge in [0.2, 0.25) is 10.0 Å². The highest BCUT2D eigenvalue weighted by molar-refractivity contribution is 7.89. The molecule has 0 saturated heterocycles. The fraction of sp³-hybridized carbons (Fsp3) is 0.429. The number of nitrogens with one attached hydrogen (secondary N) is 2. The first-order valence-corrected chi connectivity index (χ1v) is 8.31. The van der Waals surface area contributed by atoms with Crippen LogP contribution in [0.25, 0.3) is 0 Å². The van der Waals surface area contributed by atoms with E-state index in [0.29, 0.717) is 0 Å². The molecule has 0 spiro atoms. The predicted octanol–water partition coefficient (Wildman–Crippen LogP) is 0.444. The van der Waals surface area contributed by atoms with E-state index in [1.165, 1.54) is 32.4 Å². The number of methoxy groups -OCH3 is 1. The highest BCUT2D eigenvalue weighted by atomic mass is 32.2. The van der Waals surface area contributed by atoms with E-state index in [-0.39, 0.29) is 35.1 Å². The first-order valence-electron chi connectivity index (χ1n) is 6.82. The molecule has 0 aliphatic heterocycles. The van der Waals surface area contributed by atoms with E-state index in [0.717, 1.165) is 0 Å². The summed E-state index contributed by atoms with van der Waals surface area (Å²) < 4.78 is 31.1. The molecule has 0 heterocycles. The van der Waals surface area contributed by atoms with E-state index in [9.17, 15) is 18.0 Å². The zero-order valence-corrected chi connectivity index (χ0v) is 13.9. The molecular formula is C14H20N2O6S. The Morgan fingerprint density at radius 3 is 2.52 bits per heavy atom.